The molecule has 6 heteroatoms. The number of esters is 1. The second kappa shape index (κ2) is 9.96. The van der Waals surface area contributed by atoms with Crippen LogP contribution in [-0.2, 0) is 28.1 Å². The highest BCUT2D eigenvalue weighted by Gasteiger charge is 2.27. The van der Waals surface area contributed by atoms with Crippen LogP contribution in [0.4, 0.5) is 0 Å². The Bertz CT molecular complexity index is 1080. The van der Waals surface area contributed by atoms with Crippen LogP contribution in [0.15, 0.2) is 42.5 Å². The number of carbonyl (C=O) groups excluding carboxylic acids is 1. The minimum atomic E-state index is -0.0850. The maximum absolute atomic E-state index is 12.2. The smallest absolute Gasteiger partial charge is 0.310 e. The predicted molar refractivity (Wildman–Crippen MR) is 130 cm³/mol. The van der Waals surface area contributed by atoms with Gasteiger partial charge in [0, 0.05) is 13.1 Å². The van der Waals surface area contributed by atoms with E-state index in [2.05, 4.69) is 60.1 Å². The Hall–Kier alpha value is -2.86. The van der Waals surface area contributed by atoms with Crippen molar-refractivity contribution in [2.75, 3.05) is 19.7 Å². The molecule has 1 saturated heterocycles. The third-order valence-electron chi connectivity index (χ3n) is 6.34. The number of ether oxygens (including phenoxy) is 2. The van der Waals surface area contributed by atoms with Crippen LogP contribution in [0, 0.1) is 5.92 Å². The molecule has 3 aromatic rings. The third-order valence-corrected chi connectivity index (χ3v) is 6.34. The number of piperidine rings is 1. The van der Waals surface area contributed by atoms with E-state index in [0.29, 0.717) is 26.3 Å². The fourth-order valence-corrected chi connectivity index (χ4v) is 4.47. The van der Waals surface area contributed by atoms with E-state index in [0.717, 1.165) is 47.3 Å². The van der Waals surface area contributed by atoms with Crippen LogP contribution >= 0.6 is 0 Å². The number of hydrogen-bond acceptors (Lipinski definition) is 5. The van der Waals surface area contributed by atoms with Crippen molar-refractivity contribution in [3.05, 3.63) is 59.3 Å². The van der Waals surface area contributed by atoms with Crippen LogP contribution in [0.2, 0.25) is 0 Å². The van der Waals surface area contributed by atoms with Gasteiger partial charge in [-0.05, 0) is 55.0 Å². The largest absolute Gasteiger partial charge is 0.488 e. The van der Waals surface area contributed by atoms with Gasteiger partial charge in [-0.1, -0.05) is 51.1 Å². The Balaban J connectivity index is 1.47. The van der Waals surface area contributed by atoms with Gasteiger partial charge in [-0.25, -0.2) is 0 Å². The van der Waals surface area contributed by atoms with Crippen LogP contribution in [0.3, 0.4) is 0 Å². The van der Waals surface area contributed by atoms with Crippen LogP contribution in [0.1, 0.15) is 57.4 Å². The molecule has 0 saturated carbocycles. The molecule has 1 unspecified atom stereocenters. The summed E-state index contributed by atoms with van der Waals surface area (Å²) < 4.78 is 11.5. The number of aromatic nitrogens is 2. The first kappa shape index (κ1) is 23.3. The molecule has 33 heavy (non-hydrogen) atoms. The first-order valence-corrected chi connectivity index (χ1v) is 11.9. The van der Waals surface area contributed by atoms with Gasteiger partial charge in [0.15, 0.2) is 0 Å². The Kier molecular flexibility index (Phi) is 7.03. The van der Waals surface area contributed by atoms with Crippen molar-refractivity contribution in [3.8, 4) is 5.75 Å². The van der Waals surface area contributed by atoms with E-state index in [9.17, 15) is 4.79 Å². The molecule has 2 heterocycles. The molecule has 0 amide bonds. The zero-order valence-electron chi connectivity index (χ0n) is 20.2. The second-order valence-corrected chi connectivity index (χ2v) is 9.91. The van der Waals surface area contributed by atoms with Crippen LogP contribution in [0.5, 0.6) is 5.75 Å². The summed E-state index contributed by atoms with van der Waals surface area (Å²) in [6.45, 7) is 11.8. The summed E-state index contributed by atoms with van der Waals surface area (Å²) in [5, 5.41) is 8.72. The first-order valence-electron chi connectivity index (χ1n) is 11.9. The van der Waals surface area contributed by atoms with Crippen LogP contribution < -0.4 is 4.74 Å². The molecule has 1 N–H and O–H groups in total. The van der Waals surface area contributed by atoms with Gasteiger partial charge in [0.05, 0.1) is 29.1 Å². The number of benzene rings is 2. The lowest BCUT2D eigenvalue weighted by atomic mass is 9.87. The summed E-state index contributed by atoms with van der Waals surface area (Å²) in [6.07, 6.45) is 1.88. The lowest BCUT2D eigenvalue weighted by molar-refractivity contribution is -0.150. The highest BCUT2D eigenvalue weighted by Crippen LogP contribution is 2.30. The van der Waals surface area contributed by atoms with E-state index in [1.54, 1.807) is 0 Å². The molecule has 0 bridgehead atoms. The zero-order valence-corrected chi connectivity index (χ0v) is 20.2. The standard InChI is InChI=1S/C27H35N3O3/c1-5-32-26(31)20-8-7-15-30(16-20)17-23-25-22(28-29-23)9-6-10-24(25)33-18-19-11-13-21(14-12-19)27(2,3)4/h6,9-14,20H,5,7-8,15-18H2,1-4H3,(H,28,29). The lowest BCUT2D eigenvalue weighted by Gasteiger charge is -2.31. The molecule has 1 aromatic heterocycles. The lowest BCUT2D eigenvalue weighted by Crippen LogP contribution is -2.39. The highest BCUT2D eigenvalue weighted by molar-refractivity contribution is 5.87. The van der Waals surface area contributed by atoms with E-state index in [1.807, 2.05) is 25.1 Å². The average molecular weight is 450 g/mol. The second-order valence-electron chi connectivity index (χ2n) is 9.91. The fraction of sp³-hybridized carbons (Fsp3) is 0.481. The summed E-state index contributed by atoms with van der Waals surface area (Å²) in [5.74, 6) is 0.688. The summed E-state index contributed by atoms with van der Waals surface area (Å²) in [5.41, 5.74) is 4.50. The number of carbonyl (C=O) groups is 1. The normalized spacial score (nSPS) is 17.3. The van der Waals surface area contributed by atoms with E-state index >= 15 is 0 Å². The number of hydrogen-bond donors (Lipinski definition) is 1. The molecule has 1 aliphatic heterocycles. The number of H-pyrrole nitrogens is 1. The van der Waals surface area contributed by atoms with Gasteiger partial charge in [0.2, 0.25) is 0 Å². The molecular formula is C27H35N3O3. The van der Waals surface area contributed by atoms with Crippen LogP contribution in [0.25, 0.3) is 10.9 Å². The summed E-state index contributed by atoms with van der Waals surface area (Å²) in [7, 11) is 0. The molecule has 6 nitrogen and oxygen atoms in total. The Morgan fingerprint density at radius 3 is 2.70 bits per heavy atom. The minimum Gasteiger partial charge on any atom is -0.488 e. The topological polar surface area (TPSA) is 67.5 Å². The van der Waals surface area contributed by atoms with Crippen molar-refractivity contribution in [3.63, 3.8) is 0 Å². The molecule has 0 radical (unpaired) electrons. The van der Waals surface area contributed by atoms with Gasteiger partial charge in [0.1, 0.15) is 12.4 Å². The Morgan fingerprint density at radius 1 is 1.18 bits per heavy atom. The average Bonchev–Trinajstić information content (AvgIpc) is 3.21. The minimum absolute atomic E-state index is 0.0559. The highest BCUT2D eigenvalue weighted by atomic mass is 16.5. The molecule has 1 aliphatic rings. The number of likely N-dealkylation sites (tertiary alicyclic amines) is 1. The van der Waals surface area contributed by atoms with Gasteiger partial charge >= 0.3 is 5.97 Å². The number of fused-ring (bicyclic) bond motifs is 1. The Morgan fingerprint density at radius 2 is 1.97 bits per heavy atom. The van der Waals surface area contributed by atoms with E-state index in [4.69, 9.17) is 9.47 Å². The first-order chi connectivity index (χ1) is 15.8. The molecule has 0 spiro atoms. The third kappa shape index (κ3) is 5.56. The SMILES string of the molecule is CCOC(=O)C1CCCN(Cc2[nH]nc3cccc(OCc4ccc(C(C)(C)C)cc4)c23)C1. The maximum Gasteiger partial charge on any atom is 0.310 e. The number of rotatable bonds is 7. The Labute approximate surface area is 196 Å². The number of nitrogens with one attached hydrogen (secondary N) is 1. The number of aromatic amines is 1. The summed E-state index contributed by atoms with van der Waals surface area (Å²) >= 11 is 0. The molecule has 1 atom stereocenters. The van der Waals surface area contributed by atoms with Crippen molar-refractivity contribution >= 4 is 16.9 Å². The van der Waals surface area contributed by atoms with Crippen molar-refractivity contribution in [1.82, 2.24) is 15.1 Å². The molecule has 4 rings (SSSR count). The fourth-order valence-electron chi connectivity index (χ4n) is 4.47. The van der Waals surface area contributed by atoms with Crippen molar-refractivity contribution in [1.29, 1.82) is 0 Å². The van der Waals surface area contributed by atoms with Crippen molar-refractivity contribution in [2.24, 2.45) is 5.92 Å². The van der Waals surface area contributed by atoms with Crippen molar-refractivity contribution in [2.45, 2.75) is 59.1 Å². The van der Waals surface area contributed by atoms with E-state index in [-0.39, 0.29) is 17.3 Å². The van der Waals surface area contributed by atoms with Gasteiger partial charge in [-0.15, -0.1) is 0 Å². The zero-order chi connectivity index (χ0) is 23.4. The predicted octanol–water partition coefficient (Wildman–Crippen LogP) is 5.21. The van der Waals surface area contributed by atoms with E-state index in [1.165, 1.54) is 5.56 Å². The molecule has 0 aliphatic carbocycles. The monoisotopic (exact) mass is 449 g/mol. The van der Waals surface area contributed by atoms with Gasteiger partial charge in [0.25, 0.3) is 0 Å². The quantitative estimate of drug-likeness (QED) is 0.501. The van der Waals surface area contributed by atoms with Gasteiger partial charge in [-0.2, -0.15) is 5.10 Å². The summed E-state index contributed by atoms with van der Waals surface area (Å²) in [4.78, 5) is 14.5. The van der Waals surface area contributed by atoms with Gasteiger partial charge < -0.3 is 9.47 Å². The molecular weight excluding hydrogens is 414 g/mol. The molecule has 1 fully saturated rings. The maximum atomic E-state index is 12.2. The number of nitrogens with zero attached hydrogens (tertiary/aromatic N) is 2. The van der Waals surface area contributed by atoms with E-state index < -0.39 is 0 Å². The van der Waals surface area contributed by atoms with Crippen LogP contribution in [-0.4, -0.2) is 40.8 Å². The van der Waals surface area contributed by atoms with Crippen molar-refractivity contribution < 1.29 is 14.3 Å². The summed E-state index contributed by atoms with van der Waals surface area (Å²) in [6, 6.07) is 14.6. The molecule has 176 valence electrons. The molecule has 2 aromatic carbocycles. The van der Waals surface area contributed by atoms with Gasteiger partial charge in [-0.3, -0.25) is 14.8 Å².